The van der Waals surface area contributed by atoms with Crippen molar-refractivity contribution < 1.29 is 19.1 Å². The van der Waals surface area contributed by atoms with E-state index in [0.717, 1.165) is 65.7 Å². The quantitative estimate of drug-likeness (QED) is 0.146. The summed E-state index contributed by atoms with van der Waals surface area (Å²) in [5.74, 6) is -0.863. The van der Waals surface area contributed by atoms with Gasteiger partial charge in [0.05, 0.1) is 29.7 Å². The molecule has 0 aliphatic heterocycles. The third-order valence-corrected chi connectivity index (χ3v) is 9.61. The van der Waals surface area contributed by atoms with E-state index < -0.39 is 17.4 Å². The molecule has 1 unspecified atom stereocenters. The monoisotopic (exact) mass is 635 g/mol. The first-order chi connectivity index (χ1) is 23.6. The molecule has 240 valence electrons. The zero-order chi connectivity index (χ0) is 32.9. The number of aromatic amines is 1. The SMILES string of the molecule is O=C(O)c1ccc(-c2ccc(N(C(=O)C3CCCCC3)C(c3cnc[nH]3)C(c3ccccc3)(c3ccccc3)c3ccccc3)cc2)o1. The van der Waals surface area contributed by atoms with Crippen molar-refractivity contribution in [2.45, 2.75) is 43.6 Å². The van der Waals surface area contributed by atoms with Crippen LogP contribution in [-0.2, 0) is 10.2 Å². The van der Waals surface area contributed by atoms with Crippen LogP contribution in [0.5, 0.6) is 0 Å². The molecule has 48 heavy (non-hydrogen) atoms. The average molecular weight is 636 g/mol. The number of hydrogen-bond donors (Lipinski definition) is 2. The Balaban J connectivity index is 1.50. The standard InChI is InChI=1S/C41H37N3O4/c45-39(30-13-5-1-6-14-30)44(34-23-21-29(22-24-34)36-25-26-37(48-36)40(46)47)38(35-27-42-28-43-35)41(31-15-7-2-8-16-31,32-17-9-3-10-18-32)33-19-11-4-12-20-33/h2-4,7-12,15-28,30,38H,1,5-6,13-14H2,(H,42,43)(H,46,47). The summed E-state index contributed by atoms with van der Waals surface area (Å²) in [4.78, 5) is 36.6. The van der Waals surface area contributed by atoms with Crippen LogP contribution in [0.1, 0.15) is 71.1 Å². The Bertz CT molecular complexity index is 1850. The van der Waals surface area contributed by atoms with Crippen molar-refractivity contribution in [3.05, 3.63) is 168 Å². The molecular weight excluding hydrogens is 598 g/mol. The van der Waals surface area contributed by atoms with E-state index in [4.69, 9.17) is 4.42 Å². The van der Waals surface area contributed by atoms with Crippen LogP contribution in [-0.4, -0.2) is 27.0 Å². The minimum Gasteiger partial charge on any atom is -0.475 e. The van der Waals surface area contributed by atoms with Gasteiger partial charge in [-0.2, -0.15) is 0 Å². The van der Waals surface area contributed by atoms with Gasteiger partial charge in [-0.3, -0.25) is 4.79 Å². The maximum Gasteiger partial charge on any atom is 0.371 e. The van der Waals surface area contributed by atoms with E-state index in [1.54, 1.807) is 12.4 Å². The maximum absolute atomic E-state index is 15.2. The summed E-state index contributed by atoms with van der Waals surface area (Å²) in [7, 11) is 0. The largest absolute Gasteiger partial charge is 0.475 e. The first kappa shape index (κ1) is 30.9. The van der Waals surface area contributed by atoms with Crippen LogP contribution in [0.25, 0.3) is 11.3 Å². The number of carbonyl (C=O) groups is 2. The van der Waals surface area contributed by atoms with Gasteiger partial charge in [0.1, 0.15) is 5.76 Å². The molecule has 2 heterocycles. The first-order valence-corrected chi connectivity index (χ1v) is 16.5. The molecule has 1 amide bonds. The van der Waals surface area contributed by atoms with Gasteiger partial charge in [-0.25, -0.2) is 9.78 Å². The summed E-state index contributed by atoms with van der Waals surface area (Å²) in [6.07, 6.45) is 8.35. The number of hydrogen-bond acceptors (Lipinski definition) is 4. The second kappa shape index (κ2) is 13.6. The van der Waals surface area contributed by atoms with Crippen LogP contribution in [0.4, 0.5) is 5.69 Å². The van der Waals surface area contributed by atoms with Gasteiger partial charge in [-0.1, -0.05) is 110 Å². The molecule has 1 aliphatic rings. The van der Waals surface area contributed by atoms with E-state index in [9.17, 15) is 9.90 Å². The number of benzene rings is 4. The summed E-state index contributed by atoms with van der Waals surface area (Å²) >= 11 is 0. The Morgan fingerprint density at radius 2 is 1.31 bits per heavy atom. The van der Waals surface area contributed by atoms with E-state index in [1.807, 2.05) is 53.6 Å². The van der Waals surface area contributed by atoms with Crippen molar-refractivity contribution in [2.75, 3.05) is 4.90 Å². The van der Waals surface area contributed by atoms with Crippen LogP contribution in [0.15, 0.2) is 144 Å². The van der Waals surface area contributed by atoms with Crippen LogP contribution in [0.2, 0.25) is 0 Å². The molecule has 0 radical (unpaired) electrons. The Hall–Kier alpha value is -5.69. The summed E-state index contributed by atoms with van der Waals surface area (Å²) in [6.45, 7) is 0. The molecule has 2 aromatic heterocycles. The second-order valence-electron chi connectivity index (χ2n) is 12.4. The fraction of sp³-hybridized carbons (Fsp3) is 0.195. The Labute approximate surface area is 279 Å². The van der Waals surface area contributed by atoms with Gasteiger partial charge in [0.15, 0.2) is 0 Å². The minimum atomic E-state index is -1.12. The van der Waals surface area contributed by atoms with Gasteiger partial charge >= 0.3 is 5.97 Å². The Morgan fingerprint density at radius 3 is 1.79 bits per heavy atom. The maximum atomic E-state index is 15.2. The summed E-state index contributed by atoms with van der Waals surface area (Å²) in [5.41, 5.74) is 4.50. The van der Waals surface area contributed by atoms with Crippen LogP contribution in [0.3, 0.4) is 0 Å². The van der Waals surface area contributed by atoms with E-state index in [1.165, 1.54) is 6.07 Å². The second-order valence-corrected chi connectivity index (χ2v) is 12.4. The van der Waals surface area contributed by atoms with E-state index >= 15 is 4.79 Å². The van der Waals surface area contributed by atoms with Crippen molar-refractivity contribution in [1.29, 1.82) is 0 Å². The molecule has 7 heteroatoms. The number of furan rings is 1. The number of amides is 1. The number of anilines is 1. The molecule has 2 N–H and O–H groups in total. The molecule has 7 nitrogen and oxygen atoms in total. The number of carbonyl (C=O) groups excluding carboxylic acids is 1. The third-order valence-electron chi connectivity index (χ3n) is 9.61. The van der Waals surface area contributed by atoms with Gasteiger partial charge in [0.25, 0.3) is 0 Å². The number of rotatable bonds is 10. The predicted molar refractivity (Wildman–Crippen MR) is 186 cm³/mol. The van der Waals surface area contributed by atoms with Gasteiger partial charge in [0.2, 0.25) is 11.7 Å². The highest BCUT2D eigenvalue weighted by Gasteiger charge is 2.50. The number of aromatic nitrogens is 2. The summed E-state index contributed by atoms with van der Waals surface area (Å²) in [6, 6.07) is 41.4. The topological polar surface area (TPSA) is 99.4 Å². The lowest BCUT2D eigenvalue weighted by atomic mass is 9.63. The molecule has 0 bridgehead atoms. The number of aromatic carboxylic acids is 1. The highest BCUT2D eigenvalue weighted by molar-refractivity contribution is 5.97. The fourth-order valence-corrected chi connectivity index (χ4v) is 7.40. The highest BCUT2D eigenvalue weighted by atomic mass is 16.4. The lowest BCUT2D eigenvalue weighted by Crippen LogP contribution is -2.50. The lowest BCUT2D eigenvalue weighted by Gasteiger charge is -2.48. The molecule has 1 atom stereocenters. The van der Waals surface area contributed by atoms with Crippen LogP contribution < -0.4 is 4.90 Å². The molecule has 7 rings (SSSR count). The number of H-pyrrole nitrogens is 1. The highest BCUT2D eigenvalue weighted by Crippen LogP contribution is 2.52. The van der Waals surface area contributed by atoms with Gasteiger partial charge in [-0.05, 0) is 65.9 Å². The Morgan fingerprint density at radius 1 is 0.750 bits per heavy atom. The number of carboxylic acids is 1. The third kappa shape index (κ3) is 5.72. The van der Waals surface area contributed by atoms with Crippen LogP contribution >= 0.6 is 0 Å². The molecule has 0 spiro atoms. The molecule has 0 saturated heterocycles. The molecule has 4 aromatic carbocycles. The molecule has 6 aromatic rings. The number of carboxylic acid groups (broad SMARTS) is 1. The molecule has 1 fully saturated rings. The van der Waals surface area contributed by atoms with E-state index in [-0.39, 0.29) is 17.6 Å². The lowest BCUT2D eigenvalue weighted by molar-refractivity contribution is -0.124. The van der Waals surface area contributed by atoms with Crippen LogP contribution in [0, 0.1) is 5.92 Å². The summed E-state index contributed by atoms with van der Waals surface area (Å²) < 4.78 is 5.61. The van der Waals surface area contributed by atoms with Crippen molar-refractivity contribution in [3.8, 4) is 11.3 Å². The molecule has 1 saturated carbocycles. The van der Waals surface area contributed by atoms with Crippen molar-refractivity contribution >= 4 is 17.6 Å². The fourth-order valence-electron chi connectivity index (χ4n) is 7.40. The predicted octanol–water partition coefficient (Wildman–Crippen LogP) is 9.06. The zero-order valence-corrected chi connectivity index (χ0v) is 26.5. The van der Waals surface area contributed by atoms with E-state index in [2.05, 4.69) is 82.8 Å². The van der Waals surface area contributed by atoms with Crippen molar-refractivity contribution in [1.82, 2.24) is 9.97 Å². The number of nitrogens with zero attached hydrogens (tertiary/aromatic N) is 2. The normalized spacial score (nSPS) is 14.3. The van der Waals surface area contributed by atoms with Gasteiger partial charge < -0.3 is 19.4 Å². The number of imidazole rings is 1. The minimum absolute atomic E-state index is 0.0698. The molecular formula is C41H37N3O4. The Kier molecular flexibility index (Phi) is 8.75. The van der Waals surface area contributed by atoms with E-state index in [0.29, 0.717) is 5.76 Å². The summed E-state index contributed by atoms with van der Waals surface area (Å²) in [5, 5.41) is 9.41. The first-order valence-electron chi connectivity index (χ1n) is 16.5. The van der Waals surface area contributed by atoms with Crippen molar-refractivity contribution in [3.63, 3.8) is 0 Å². The molecule has 1 aliphatic carbocycles. The number of nitrogens with one attached hydrogen (secondary N) is 1. The average Bonchev–Trinajstić information content (AvgIpc) is 3.87. The van der Waals surface area contributed by atoms with Gasteiger partial charge in [-0.15, -0.1) is 0 Å². The zero-order valence-electron chi connectivity index (χ0n) is 26.5. The van der Waals surface area contributed by atoms with Crippen molar-refractivity contribution in [2.24, 2.45) is 5.92 Å². The van der Waals surface area contributed by atoms with Gasteiger partial charge in [0, 0.05) is 17.2 Å². The smallest absolute Gasteiger partial charge is 0.371 e.